The Morgan fingerprint density at radius 3 is 2.65 bits per heavy atom. The van der Waals surface area contributed by atoms with E-state index in [-0.39, 0.29) is 19.4 Å². The first-order valence-electron chi connectivity index (χ1n) is 4.99. The van der Waals surface area contributed by atoms with Gasteiger partial charge in [-0.3, -0.25) is 14.4 Å². The fourth-order valence-corrected chi connectivity index (χ4v) is 0.922. The molecule has 4 N–H and O–H groups in total. The summed E-state index contributed by atoms with van der Waals surface area (Å²) in [6, 6.07) is -0.925. The topological polar surface area (TPSA) is 119 Å². The summed E-state index contributed by atoms with van der Waals surface area (Å²) in [6.45, 7) is 2.99. The minimum absolute atomic E-state index is 0.00447. The maximum Gasteiger partial charge on any atom is 0.322 e. The van der Waals surface area contributed by atoms with Crippen molar-refractivity contribution in [3.8, 4) is 0 Å². The molecule has 0 heterocycles. The van der Waals surface area contributed by atoms with Gasteiger partial charge in [0.2, 0.25) is 5.91 Å². The van der Waals surface area contributed by atoms with Gasteiger partial charge in [-0.2, -0.15) is 0 Å². The Labute approximate surface area is 98.6 Å². The van der Waals surface area contributed by atoms with Gasteiger partial charge in [-0.1, -0.05) is 12.7 Å². The molecule has 0 aromatic carbocycles. The summed E-state index contributed by atoms with van der Waals surface area (Å²) in [5.74, 6) is -2.24. The number of nitrogens with one attached hydrogen (secondary N) is 1. The second-order valence-corrected chi connectivity index (χ2v) is 3.23. The number of hydrogen-bond donors (Lipinski definition) is 3. The average Bonchev–Trinajstić information content (AvgIpc) is 2.29. The van der Waals surface area contributed by atoms with Crippen molar-refractivity contribution in [2.24, 2.45) is 5.73 Å². The molecule has 0 aliphatic heterocycles. The lowest BCUT2D eigenvalue weighted by Gasteiger charge is -2.10. The highest BCUT2D eigenvalue weighted by atomic mass is 16.5. The average molecular weight is 244 g/mol. The second-order valence-electron chi connectivity index (χ2n) is 3.23. The molecule has 1 amide bonds. The lowest BCUT2D eigenvalue weighted by molar-refractivity contribution is -0.143. The summed E-state index contributed by atoms with van der Waals surface area (Å²) in [5.41, 5.74) is 5.45. The van der Waals surface area contributed by atoms with E-state index >= 15 is 0 Å². The van der Waals surface area contributed by atoms with Gasteiger partial charge in [0.05, 0.1) is 6.04 Å². The monoisotopic (exact) mass is 244 g/mol. The quantitative estimate of drug-likeness (QED) is 0.373. The molecular formula is C10H16N2O5. The van der Waals surface area contributed by atoms with Gasteiger partial charge in [0, 0.05) is 6.42 Å². The van der Waals surface area contributed by atoms with Gasteiger partial charge >= 0.3 is 11.9 Å². The fourth-order valence-electron chi connectivity index (χ4n) is 0.922. The molecule has 0 aromatic heterocycles. The summed E-state index contributed by atoms with van der Waals surface area (Å²) < 4.78 is 4.68. The third-order valence-electron chi connectivity index (χ3n) is 1.77. The van der Waals surface area contributed by atoms with Crippen LogP contribution in [0.3, 0.4) is 0 Å². The van der Waals surface area contributed by atoms with Crippen molar-refractivity contribution in [2.75, 3.05) is 13.2 Å². The molecule has 7 heteroatoms. The summed E-state index contributed by atoms with van der Waals surface area (Å²) in [7, 11) is 0. The molecule has 0 rings (SSSR count). The zero-order valence-corrected chi connectivity index (χ0v) is 9.35. The molecule has 1 atom stereocenters. The molecule has 0 bridgehead atoms. The second kappa shape index (κ2) is 8.28. The largest absolute Gasteiger partial charge is 0.480 e. The molecular weight excluding hydrogens is 228 g/mol. The molecule has 0 spiro atoms. The predicted molar refractivity (Wildman–Crippen MR) is 59.0 cm³/mol. The van der Waals surface area contributed by atoms with Crippen LogP contribution >= 0.6 is 0 Å². The maximum absolute atomic E-state index is 11.2. The molecule has 0 saturated carbocycles. The number of esters is 1. The molecule has 96 valence electrons. The van der Waals surface area contributed by atoms with Crippen LogP contribution in [0.4, 0.5) is 0 Å². The van der Waals surface area contributed by atoms with Crippen LogP contribution in [0.25, 0.3) is 0 Å². The highest BCUT2D eigenvalue weighted by Gasteiger charge is 2.15. The van der Waals surface area contributed by atoms with E-state index in [0.29, 0.717) is 0 Å². The Balaban J connectivity index is 3.80. The van der Waals surface area contributed by atoms with Gasteiger partial charge < -0.3 is 20.9 Å². The first-order chi connectivity index (χ1) is 7.97. The first-order valence-corrected chi connectivity index (χ1v) is 4.99. The predicted octanol–water partition coefficient (Wildman–Crippen LogP) is -0.976. The van der Waals surface area contributed by atoms with Crippen molar-refractivity contribution < 1.29 is 24.2 Å². The standard InChI is InChI=1S/C10H16N2O5/c1-2-5-17-9(15)4-3-7(11)10(16)12-6-8(13)14/h2,7H,1,3-6,11H2,(H,12,16)(H,13,14)/t7-/m0/s1. The van der Waals surface area contributed by atoms with Crippen molar-refractivity contribution in [3.05, 3.63) is 12.7 Å². The van der Waals surface area contributed by atoms with Crippen molar-refractivity contribution in [1.82, 2.24) is 5.32 Å². The molecule has 17 heavy (non-hydrogen) atoms. The van der Waals surface area contributed by atoms with E-state index in [1.165, 1.54) is 6.08 Å². The van der Waals surface area contributed by atoms with Crippen molar-refractivity contribution >= 4 is 17.8 Å². The van der Waals surface area contributed by atoms with Gasteiger partial charge in [0.15, 0.2) is 0 Å². The van der Waals surface area contributed by atoms with Gasteiger partial charge in [-0.25, -0.2) is 0 Å². The number of amides is 1. The minimum Gasteiger partial charge on any atom is -0.480 e. The number of rotatable bonds is 8. The van der Waals surface area contributed by atoms with Gasteiger partial charge in [0.1, 0.15) is 13.2 Å². The molecule has 0 saturated heterocycles. The Morgan fingerprint density at radius 1 is 1.47 bits per heavy atom. The SMILES string of the molecule is C=CCOC(=O)CC[C@H](N)C(=O)NCC(=O)O. The van der Waals surface area contributed by atoms with Crippen molar-refractivity contribution in [1.29, 1.82) is 0 Å². The maximum atomic E-state index is 11.2. The number of aliphatic carboxylic acids is 1. The molecule has 0 fully saturated rings. The highest BCUT2D eigenvalue weighted by molar-refractivity contribution is 5.85. The molecule has 0 aliphatic carbocycles. The Kier molecular flexibility index (Phi) is 7.36. The van der Waals surface area contributed by atoms with E-state index in [2.05, 4.69) is 16.6 Å². The summed E-state index contributed by atoms with van der Waals surface area (Å²) in [6.07, 6.45) is 1.52. The van der Waals surface area contributed by atoms with Gasteiger partial charge in [-0.15, -0.1) is 0 Å². The van der Waals surface area contributed by atoms with E-state index in [1.807, 2.05) is 0 Å². The Morgan fingerprint density at radius 2 is 2.12 bits per heavy atom. The van der Waals surface area contributed by atoms with Gasteiger partial charge in [0.25, 0.3) is 0 Å². The van der Waals surface area contributed by atoms with E-state index in [4.69, 9.17) is 10.8 Å². The molecule has 0 aliphatic rings. The fraction of sp³-hybridized carbons (Fsp3) is 0.500. The Bertz CT molecular complexity index is 303. The number of carbonyl (C=O) groups excluding carboxylic acids is 2. The number of carboxylic acids is 1. The smallest absolute Gasteiger partial charge is 0.322 e. The van der Waals surface area contributed by atoms with Crippen LogP contribution in [0.2, 0.25) is 0 Å². The van der Waals surface area contributed by atoms with Crippen LogP contribution in [-0.2, 0) is 19.1 Å². The summed E-state index contributed by atoms with van der Waals surface area (Å²) in [5, 5.41) is 10.4. The third kappa shape index (κ3) is 7.97. The lowest BCUT2D eigenvalue weighted by atomic mass is 10.1. The van der Waals surface area contributed by atoms with Crippen LogP contribution < -0.4 is 11.1 Å². The molecule has 0 aromatic rings. The van der Waals surface area contributed by atoms with Crippen LogP contribution in [0.1, 0.15) is 12.8 Å². The Hall–Kier alpha value is -1.89. The van der Waals surface area contributed by atoms with E-state index in [0.717, 1.165) is 0 Å². The third-order valence-corrected chi connectivity index (χ3v) is 1.77. The summed E-state index contributed by atoms with van der Waals surface area (Å²) in [4.78, 5) is 32.4. The normalized spacial score (nSPS) is 11.4. The van der Waals surface area contributed by atoms with Crippen molar-refractivity contribution in [3.63, 3.8) is 0 Å². The highest BCUT2D eigenvalue weighted by Crippen LogP contribution is 1.97. The minimum atomic E-state index is -1.16. The van der Waals surface area contributed by atoms with Crippen LogP contribution in [0.5, 0.6) is 0 Å². The van der Waals surface area contributed by atoms with Crippen LogP contribution in [-0.4, -0.2) is 42.1 Å². The zero-order chi connectivity index (χ0) is 13.3. The zero-order valence-electron chi connectivity index (χ0n) is 9.35. The van der Waals surface area contributed by atoms with E-state index in [9.17, 15) is 14.4 Å². The van der Waals surface area contributed by atoms with Gasteiger partial charge in [-0.05, 0) is 6.42 Å². The lowest BCUT2D eigenvalue weighted by Crippen LogP contribution is -2.42. The van der Waals surface area contributed by atoms with E-state index < -0.39 is 30.4 Å². The number of carboxylic acid groups (broad SMARTS) is 1. The molecule has 0 unspecified atom stereocenters. The summed E-state index contributed by atoms with van der Waals surface area (Å²) >= 11 is 0. The molecule has 7 nitrogen and oxygen atoms in total. The van der Waals surface area contributed by atoms with Crippen molar-refractivity contribution in [2.45, 2.75) is 18.9 Å². The number of hydrogen-bond acceptors (Lipinski definition) is 5. The number of carbonyl (C=O) groups is 3. The number of ether oxygens (including phenoxy) is 1. The van der Waals surface area contributed by atoms with Crippen LogP contribution in [0, 0.1) is 0 Å². The first kappa shape index (κ1) is 15.1. The molecule has 0 radical (unpaired) electrons. The number of nitrogens with two attached hydrogens (primary N) is 1. The van der Waals surface area contributed by atoms with E-state index in [1.54, 1.807) is 0 Å². The van der Waals surface area contributed by atoms with Crippen LogP contribution in [0.15, 0.2) is 12.7 Å².